The monoisotopic (exact) mass is 241 g/mol. The number of amides is 1. The molecule has 0 bridgehead atoms. The number of anilines is 1. The van der Waals surface area contributed by atoms with Crippen LogP contribution in [0.2, 0.25) is 0 Å². The Balaban J connectivity index is 1.89. The van der Waals surface area contributed by atoms with Gasteiger partial charge >= 0.3 is 0 Å². The number of rotatable bonds is 2. The molecule has 0 saturated heterocycles. The lowest BCUT2D eigenvalue weighted by molar-refractivity contribution is 0.102. The average Bonchev–Trinajstić information content (AvgIpc) is 2.98. The highest BCUT2D eigenvalue weighted by Crippen LogP contribution is 2.13. The molecule has 3 heterocycles. The van der Waals surface area contributed by atoms with Gasteiger partial charge in [0.05, 0.1) is 35.6 Å². The van der Waals surface area contributed by atoms with Crippen molar-refractivity contribution >= 4 is 17.1 Å². The zero-order valence-corrected chi connectivity index (χ0v) is 9.71. The molecule has 90 valence electrons. The van der Waals surface area contributed by atoms with E-state index in [1.54, 1.807) is 37.1 Å². The van der Waals surface area contributed by atoms with Gasteiger partial charge in [0.2, 0.25) is 0 Å². The highest BCUT2D eigenvalue weighted by atomic mass is 16.1. The molecular weight excluding hydrogens is 230 g/mol. The maximum Gasteiger partial charge on any atom is 0.255 e. The number of nitrogens with zero attached hydrogens (tertiary/aromatic N) is 3. The number of imidazole rings is 1. The summed E-state index contributed by atoms with van der Waals surface area (Å²) >= 11 is 0. The lowest BCUT2D eigenvalue weighted by atomic mass is 10.2. The molecular formula is C12H11N5O. The number of H-pyrrole nitrogens is 1. The van der Waals surface area contributed by atoms with E-state index in [1.165, 1.54) is 0 Å². The van der Waals surface area contributed by atoms with E-state index < -0.39 is 0 Å². The van der Waals surface area contributed by atoms with E-state index in [9.17, 15) is 4.79 Å². The van der Waals surface area contributed by atoms with Gasteiger partial charge in [-0.25, -0.2) is 4.98 Å². The van der Waals surface area contributed by atoms with Crippen LogP contribution in [0.5, 0.6) is 0 Å². The molecule has 0 aliphatic rings. The maximum atomic E-state index is 12.0. The highest BCUT2D eigenvalue weighted by molar-refractivity contribution is 6.05. The fourth-order valence-electron chi connectivity index (χ4n) is 1.73. The van der Waals surface area contributed by atoms with Gasteiger partial charge in [-0.1, -0.05) is 0 Å². The maximum absolute atomic E-state index is 12.0. The second-order valence-corrected chi connectivity index (χ2v) is 4.00. The predicted octanol–water partition coefficient (Wildman–Crippen LogP) is 1.62. The summed E-state index contributed by atoms with van der Waals surface area (Å²) in [5.74, 6) is -0.164. The highest BCUT2D eigenvalue weighted by Gasteiger charge is 2.09. The van der Waals surface area contributed by atoms with Gasteiger partial charge < -0.3 is 9.72 Å². The topological polar surface area (TPSA) is 75.1 Å². The normalized spacial score (nSPS) is 10.7. The minimum absolute atomic E-state index is 0.164. The summed E-state index contributed by atoms with van der Waals surface area (Å²) in [5.41, 5.74) is 2.98. The van der Waals surface area contributed by atoms with Crippen molar-refractivity contribution in [1.29, 1.82) is 0 Å². The number of aryl methyl sites for hydroxylation is 1. The predicted molar refractivity (Wildman–Crippen MR) is 66.5 cm³/mol. The first-order valence-corrected chi connectivity index (χ1v) is 5.47. The third-order valence-electron chi connectivity index (χ3n) is 2.75. The van der Waals surface area contributed by atoms with Gasteiger partial charge in [0.1, 0.15) is 0 Å². The molecule has 0 radical (unpaired) electrons. The summed E-state index contributed by atoms with van der Waals surface area (Å²) in [6.07, 6.45) is 6.79. The lowest BCUT2D eigenvalue weighted by Gasteiger charge is -2.04. The first kappa shape index (κ1) is 10.5. The Hall–Kier alpha value is -2.63. The van der Waals surface area contributed by atoms with E-state index in [0.29, 0.717) is 11.3 Å². The fourth-order valence-corrected chi connectivity index (χ4v) is 1.73. The molecule has 0 fully saturated rings. The van der Waals surface area contributed by atoms with Crippen LogP contribution < -0.4 is 5.32 Å². The molecule has 18 heavy (non-hydrogen) atoms. The molecule has 6 heteroatoms. The minimum atomic E-state index is -0.164. The van der Waals surface area contributed by atoms with Gasteiger partial charge in [-0.3, -0.25) is 9.89 Å². The van der Waals surface area contributed by atoms with Crippen LogP contribution in [0.1, 0.15) is 16.1 Å². The van der Waals surface area contributed by atoms with Crippen molar-refractivity contribution in [2.45, 2.75) is 6.92 Å². The van der Waals surface area contributed by atoms with Crippen LogP contribution in [0, 0.1) is 6.92 Å². The summed E-state index contributed by atoms with van der Waals surface area (Å²) < 4.78 is 1.85. The van der Waals surface area contributed by atoms with Crippen LogP contribution in [0.25, 0.3) is 5.52 Å². The zero-order chi connectivity index (χ0) is 12.5. The Kier molecular flexibility index (Phi) is 2.33. The average molecular weight is 241 g/mol. The van der Waals surface area contributed by atoms with Crippen LogP contribution in [0.15, 0.2) is 37.1 Å². The number of pyridine rings is 1. The van der Waals surface area contributed by atoms with E-state index in [2.05, 4.69) is 20.5 Å². The number of carbonyl (C=O) groups is 1. The van der Waals surface area contributed by atoms with Gasteiger partial charge in [-0.15, -0.1) is 0 Å². The lowest BCUT2D eigenvalue weighted by Crippen LogP contribution is -2.12. The molecule has 2 N–H and O–H groups in total. The Morgan fingerprint density at radius 2 is 2.33 bits per heavy atom. The summed E-state index contributed by atoms with van der Waals surface area (Å²) in [6, 6.07) is 3.54. The number of hydrogen-bond donors (Lipinski definition) is 2. The van der Waals surface area contributed by atoms with Crippen molar-refractivity contribution in [3.8, 4) is 0 Å². The molecule has 0 saturated carbocycles. The third-order valence-corrected chi connectivity index (χ3v) is 2.75. The molecule has 0 spiro atoms. The molecule has 0 atom stereocenters. The number of carbonyl (C=O) groups excluding carboxylic acids is 1. The van der Waals surface area contributed by atoms with Gasteiger partial charge in [0.15, 0.2) is 0 Å². The number of hydrogen-bond acceptors (Lipinski definition) is 3. The third kappa shape index (κ3) is 1.73. The van der Waals surface area contributed by atoms with E-state index in [1.807, 2.05) is 11.3 Å². The van der Waals surface area contributed by atoms with E-state index in [4.69, 9.17) is 0 Å². The van der Waals surface area contributed by atoms with E-state index >= 15 is 0 Å². The van der Waals surface area contributed by atoms with Gasteiger partial charge in [0.25, 0.3) is 5.91 Å². The number of aromatic amines is 1. The molecule has 0 aliphatic carbocycles. The molecule has 3 aromatic rings. The number of nitrogens with one attached hydrogen (secondary N) is 2. The van der Waals surface area contributed by atoms with Crippen molar-refractivity contribution in [3.63, 3.8) is 0 Å². The smallest absolute Gasteiger partial charge is 0.255 e. The Bertz CT molecular complexity index is 712. The first-order valence-electron chi connectivity index (χ1n) is 5.47. The summed E-state index contributed by atoms with van der Waals surface area (Å²) in [5, 5.41) is 9.43. The molecule has 0 unspecified atom stereocenters. The Labute approximate surface area is 103 Å². The largest absolute Gasteiger partial charge is 0.319 e. The second-order valence-electron chi connectivity index (χ2n) is 4.00. The fraction of sp³-hybridized carbons (Fsp3) is 0.0833. The van der Waals surface area contributed by atoms with Crippen molar-refractivity contribution < 1.29 is 4.79 Å². The SMILES string of the molecule is Cc1[nH]ncc1NC(=O)c1ccn2cncc2c1. The van der Waals surface area contributed by atoms with Crippen LogP contribution in [-0.2, 0) is 0 Å². The number of aromatic nitrogens is 4. The zero-order valence-electron chi connectivity index (χ0n) is 9.71. The van der Waals surface area contributed by atoms with Crippen LogP contribution in [0.4, 0.5) is 5.69 Å². The summed E-state index contributed by atoms with van der Waals surface area (Å²) in [6.45, 7) is 1.85. The van der Waals surface area contributed by atoms with Crippen molar-refractivity contribution in [2.75, 3.05) is 5.32 Å². The molecule has 6 nitrogen and oxygen atoms in total. The molecule has 3 aromatic heterocycles. The van der Waals surface area contributed by atoms with Crippen molar-refractivity contribution in [3.05, 3.63) is 48.3 Å². The Morgan fingerprint density at radius 1 is 1.44 bits per heavy atom. The minimum Gasteiger partial charge on any atom is -0.319 e. The van der Waals surface area contributed by atoms with Crippen LogP contribution in [0.3, 0.4) is 0 Å². The first-order chi connectivity index (χ1) is 8.74. The van der Waals surface area contributed by atoms with E-state index in [0.717, 1.165) is 11.2 Å². The van der Waals surface area contributed by atoms with Crippen LogP contribution >= 0.6 is 0 Å². The van der Waals surface area contributed by atoms with Crippen molar-refractivity contribution in [2.24, 2.45) is 0 Å². The molecule has 0 aromatic carbocycles. The Morgan fingerprint density at radius 3 is 3.11 bits per heavy atom. The summed E-state index contributed by atoms with van der Waals surface area (Å²) in [4.78, 5) is 16.1. The quantitative estimate of drug-likeness (QED) is 0.715. The summed E-state index contributed by atoms with van der Waals surface area (Å²) in [7, 11) is 0. The molecule has 1 amide bonds. The second kappa shape index (κ2) is 3.99. The van der Waals surface area contributed by atoms with Gasteiger partial charge in [-0.2, -0.15) is 5.10 Å². The van der Waals surface area contributed by atoms with Crippen LogP contribution in [-0.4, -0.2) is 25.5 Å². The standard InChI is InChI=1S/C12H11N5O/c1-8-11(6-14-16-8)15-12(18)9-2-3-17-7-13-5-10(17)4-9/h2-7H,1H3,(H,14,16)(H,15,18). The molecule has 3 rings (SSSR count). The molecule has 0 aliphatic heterocycles. The van der Waals surface area contributed by atoms with Gasteiger partial charge in [0, 0.05) is 11.8 Å². The van der Waals surface area contributed by atoms with Gasteiger partial charge in [-0.05, 0) is 19.1 Å². The van der Waals surface area contributed by atoms with Crippen molar-refractivity contribution in [1.82, 2.24) is 19.6 Å². The number of fused-ring (bicyclic) bond motifs is 1. The van der Waals surface area contributed by atoms with E-state index in [-0.39, 0.29) is 5.91 Å².